The first-order valence-electron chi connectivity index (χ1n) is 9.76. The van der Waals surface area contributed by atoms with Crippen LogP contribution in [-0.4, -0.2) is 27.0 Å². The number of hydrogen-bond acceptors (Lipinski definition) is 3. The van der Waals surface area contributed by atoms with E-state index in [4.69, 9.17) is 10.1 Å². The normalized spacial score (nSPS) is 12.2. The molecule has 3 aromatic carbocycles. The van der Waals surface area contributed by atoms with E-state index in [1.54, 1.807) is 0 Å². The Morgan fingerprint density at radius 2 is 1.48 bits per heavy atom. The highest BCUT2D eigenvalue weighted by Crippen LogP contribution is 2.18. The van der Waals surface area contributed by atoms with Gasteiger partial charge < -0.3 is 19.0 Å². The number of aliphatic hydroxyl groups is 1. The lowest BCUT2D eigenvalue weighted by Gasteiger charge is -2.15. The summed E-state index contributed by atoms with van der Waals surface area (Å²) in [7, 11) is 0. The van der Waals surface area contributed by atoms with Crippen LogP contribution in [0.15, 0.2) is 78.9 Å². The summed E-state index contributed by atoms with van der Waals surface area (Å²) in [5.74, 6) is 0.772. The molecule has 1 heterocycles. The van der Waals surface area contributed by atoms with Gasteiger partial charge in [-0.05, 0) is 36.2 Å². The van der Waals surface area contributed by atoms with Gasteiger partial charge in [0.2, 0.25) is 5.62 Å². The number of ether oxygens (including phenoxy) is 1. The van der Waals surface area contributed by atoms with Crippen LogP contribution in [0.2, 0.25) is 0 Å². The highest BCUT2D eigenvalue weighted by atomic mass is 16.5. The van der Waals surface area contributed by atoms with E-state index in [2.05, 4.69) is 12.1 Å². The minimum absolute atomic E-state index is 0.176. The number of imidazole rings is 1. The average molecular weight is 387 g/mol. The number of fused-ring (bicyclic) bond motifs is 1. The second kappa shape index (κ2) is 8.37. The molecule has 0 saturated carbocycles. The van der Waals surface area contributed by atoms with Gasteiger partial charge in [-0.1, -0.05) is 60.7 Å². The summed E-state index contributed by atoms with van der Waals surface area (Å²) in [5.41, 5.74) is 4.45. The van der Waals surface area contributed by atoms with Crippen LogP contribution in [0.1, 0.15) is 11.1 Å². The number of nitrogens with zero attached hydrogens (tertiary/aromatic N) is 2. The monoisotopic (exact) mass is 387 g/mol. The molecule has 0 aliphatic rings. The molecule has 1 atom stereocenters. The predicted molar refractivity (Wildman–Crippen MR) is 114 cm³/mol. The maximum absolute atomic E-state index is 10.6. The van der Waals surface area contributed by atoms with Crippen molar-refractivity contribution in [3.8, 4) is 5.75 Å². The maximum atomic E-state index is 10.6. The molecule has 29 heavy (non-hydrogen) atoms. The fraction of sp³-hybridized carbons (Fsp3) is 0.208. The van der Waals surface area contributed by atoms with Crippen LogP contribution in [0.5, 0.6) is 5.75 Å². The molecule has 5 nitrogen and oxygen atoms in total. The number of para-hydroxylation sites is 3. The minimum atomic E-state index is -0.723. The lowest BCUT2D eigenvalue weighted by molar-refractivity contribution is 0.0918. The SMILES string of the molecule is Cc1ccccc1OC[C@@H](O)Cn1c(=N)n(Cc2ccccc2)c2ccccc21. The predicted octanol–water partition coefficient (Wildman–Crippen LogP) is 3.72. The topological polar surface area (TPSA) is 63.2 Å². The van der Waals surface area contributed by atoms with Gasteiger partial charge in [0.15, 0.2) is 0 Å². The summed E-state index contributed by atoms with van der Waals surface area (Å²) < 4.78 is 9.62. The molecule has 0 unspecified atom stereocenters. The van der Waals surface area contributed by atoms with E-state index in [1.165, 1.54) is 0 Å². The number of hydrogen-bond donors (Lipinski definition) is 2. The van der Waals surface area contributed by atoms with Crippen molar-refractivity contribution in [2.45, 2.75) is 26.1 Å². The summed E-state index contributed by atoms with van der Waals surface area (Å²) in [6.45, 7) is 3.07. The third-order valence-electron chi connectivity index (χ3n) is 5.08. The number of aryl methyl sites for hydroxylation is 1. The van der Waals surface area contributed by atoms with Crippen molar-refractivity contribution in [2.75, 3.05) is 6.61 Å². The molecule has 2 N–H and O–H groups in total. The van der Waals surface area contributed by atoms with Gasteiger partial charge >= 0.3 is 0 Å². The van der Waals surface area contributed by atoms with Crippen molar-refractivity contribution in [3.63, 3.8) is 0 Å². The van der Waals surface area contributed by atoms with E-state index in [0.717, 1.165) is 27.9 Å². The lowest BCUT2D eigenvalue weighted by atomic mass is 10.2. The molecule has 0 spiro atoms. The summed E-state index contributed by atoms with van der Waals surface area (Å²) in [5, 5.41) is 19.3. The van der Waals surface area contributed by atoms with Gasteiger partial charge in [0.05, 0.1) is 24.1 Å². The van der Waals surface area contributed by atoms with Crippen LogP contribution >= 0.6 is 0 Å². The summed E-state index contributed by atoms with van der Waals surface area (Å²) in [6.07, 6.45) is -0.723. The van der Waals surface area contributed by atoms with E-state index in [1.807, 2.05) is 82.8 Å². The van der Waals surface area contributed by atoms with Crippen molar-refractivity contribution in [1.29, 1.82) is 5.41 Å². The van der Waals surface area contributed by atoms with Gasteiger partial charge in [-0.25, -0.2) is 0 Å². The van der Waals surface area contributed by atoms with Crippen molar-refractivity contribution >= 4 is 11.0 Å². The molecule has 0 amide bonds. The minimum Gasteiger partial charge on any atom is -0.491 e. The molecule has 0 aliphatic heterocycles. The zero-order valence-corrected chi connectivity index (χ0v) is 16.5. The summed E-state index contributed by atoms with van der Waals surface area (Å²) in [6, 6.07) is 25.8. The molecular weight excluding hydrogens is 362 g/mol. The molecule has 0 saturated heterocycles. The molecule has 0 aliphatic carbocycles. The van der Waals surface area contributed by atoms with Crippen molar-refractivity contribution in [2.24, 2.45) is 0 Å². The zero-order chi connectivity index (χ0) is 20.2. The largest absolute Gasteiger partial charge is 0.491 e. The van der Waals surface area contributed by atoms with Gasteiger partial charge in [-0.3, -0.25) is 5.41 Å². The van der Waals surface area contributed by atoms with Crippen LogP contribution in [0.4, 0.5) is 0 Å². The first kappa shape index (κ1) is 19.0. The molecule has 0 bridgehead atoms. The van der Waals surface area contributed by atoms with Gasteiger partial charge in [-0.15, -0.1) is 0 Å². The Kier molecular flexibility index (Phi) is 5.49. The van der Waals surface area contributed by atoms with Gasteiger partial charge in [-0.2, -0.15) is 0 Å². The highest BCUT2D eigenvalue weighted by molar-refractivity contribution is 5.76. The Morgan fingerprint density at radius 1 is 0.862 bits per heavy atom. The number of aromatic nitrogens is 2. The van der Waals surface area contributed by atoms with Crippen molar-refractivity contribution in [1.82, 2.24) is 9.13 Å². The average Bonchev–Trinajstić information content (AvgIpc) is 3.00. The first-order valence-corrected chi connectivity index (χ1v) is 9.76. The second-order valence-electron chi connectivity index (χ2n) is 7.22. The van der Waals surface area contributed by atoms with Crippen LogP contribution < -0.4 is 10.4 Å². The van der Waals surface area contributed by atoms with Crippen molar-refractivity contribution in [3.05, 3.63) is 95.6 Å². The zero-order valence-electron chi connectivity index (χ0n) is 16.5. The van der Waals surface area contributed by atoms with Gasteiger partial charge in [0.1, 0.15) is 18.5 Å². The van der Waals surface area contributed by atoms with E-state index in [9.17, 15) is 5.11 Å². The Balaban J connectivity index is 1.58. The molecule has 1 aromatic heterocycles. The molecule has 0 radical (unpaired) electrons. The number of nitrogens with one attached hydrogen (secondary N) is 1. The fourth-order valence-electron chi connectivity index (χ4n) is 3.57. The lowest BCUT2D eigenvalue weighted by Crippen LogP contribution is -2.31. The highest BCUT2D eigenvalue weighted by Gasteiger charge is 2.15. The quantitative estimate of drug-likeness (QED) is 0.508. The Labute approximate surface area is 169 Å². The third-order valence-corrected chi connectivity index (χ3v) is 5.08. The molecular formula is C24H25N3O2. The van der Waals surface area contributed by atoms with Gasteiger partial charge in [0.25, 0.3) is 0 Å². The maximum Gasteiger partial charge on any atom is 0.203 e. The summed E-state index contributed by atoms with van der Waals surface area (Å²) >= 11 is 0. The van der Waals surface area contributed by atoms with E-state index in [0.29, 0.717) is 18.7 Å². The van der Waals surface area contributed by atoms with E-state index in [-0.39, 0.29) is 6.61 Å². The van der Waals surface area contributed by atoms with Gasteiger partial charge in [0, 0.05) is 0 Å². The smallest absolute Gasteiger partial charge is 0.203 e. The van der Waals surface area contributed by atoms with Crippen LogP contribution in [0, 0.1) is 12.3 Å². The van der Waals surface area contributed by atoms with Crippen LogP contribution in [0.25, 0.3) is 11.0 Å². The Bertz CT molecular complexity index is 1160. The second-order valence-corrected chi connectivity index (χ2v) is 7.22. The Morgan fingerprint density at radius 3 is 2.21 bits per heavy atom. The Hall–Kier alpha value is -3.31. The molecule has 148 valence electrons. The molecule has 4 rings (SSSR count). The summed E-state index contributed by atoms with van der Waals surface area (Å²) in [4.78, 5) is 0. The van der Waals surface area contributed by atoms with E-state index >= 15 is 0 Å². The van der Waals surface area contributed by atoms with Crippen LogP contribution in [0.3, 0.4) is 0 Å². The van der Waals surface area contributed by atoms with Crippen molar-refractivity contribution < 1.29 is 9.84 Å². The number of benzene rings is 3. The molecule has 5 heteroatoms. The number of rotatable bonds is 7. The third kappa shape index (κ3) is 4.10. The molecule has 4 aromatic rings. The van der Waals surface area contributed by atoms with Crippen LogP contribution in [-0.2, 0) is 13.1 Å². The number of aliphatic hydroxyl groups excluding tert-OH is 1. The standard InChI is InChI=1S/C24H25N3O2/c1-18-9-5-8-14-23(18)29-17-20(28)16-27-22-13-7-6-12-21(22)26(24(27)25)15-19-10-3-2-4-11-19/h2-14,20,25,28H,15-17H2,1H3/t20-/m0/s1. The molecule has 0 fully saturated rings. The fourth-order valence-corrected chi connectivity index (χ4v) is 3.57. The first-order chi connectivity index (χ1) is 14.1. The van der Waals surface area contributed by atoms with E-state index < -0.39 is 6.10 Å².